The number of amides is 1. The minimum absolute atomic E-state index is 0.0216. The normalized spacial score (nSPS) is 20.2. The summed E-state index contributed by atoms with van der Waals surface area (Å²) in [5, 5.41) is 11.8. The summed E-state index contributed by atoms with van der Waals surface area (Å²) in [6, 6.07) is 3.38. The standard InChI is InChI=1S/C14H16ClFN2O3/c1-8(18-5-4-9(7-18)14(20)21)13(19)17-12-6-10(15)2-3-11(12)16/h2-3,6,8-9H,4-5,7H2,1H3,(H,17,19)(H,20,21). The first-order valence-corrected chi connectivity index (χ1v) is 6.99. The van der Waals surface area contributed by atoms with Crippen molar-refractivity contribution in [3.05, 3.63) is 29.0 Å². The van der Waals surface area contributed by atoms with Crippen LogP contribution in [0.4, 0.5) is 10.1 Å². The summed E-state index contributed by atoms with van der Waals surface area (Å²) in [6.45, 7) is 2.52. The molecule has 1 aliphatic heterocycles. The van der Waals surface area contributed by atoms with Gasteiger partial charge < -0.3 is 10.4 Å². The van der Waals surface area contributed by atoms with Crippen molar-refractivity contribution in [2.75, 3.05) is 18.4 Å². The summed E-state index contributed by atoms with van der Waals surface area (Å²) in [4.78, 5) is 24.8. The Morgan fingerprint density at radius 1 is 1.52 bits per heavy atom. The molecule has 1 aromatic carbocycles. The van der Waals surface area contributed by atoms with Crippen molar-refractivity contribution in [2.45, 2.75) is 19.4 Å². The molecule has 0 spiro atoms. The Hall–Kier alpha value is -1.66. The van der Waals surface area contributed by atoms with Crippen LogP contribution in [-0.2, 0) is 9.59 Å². The van der Waals surface area contributed by atoms with Gasteiger partial charge in [0.15, 0.2) is 0 Å². The largest absolute Gasteiger partial charge is 0.481 e. The van der Waals surface area contributed by atoms with Crippen LogP contribution >= 0.6 is 11.6 Å². The fourth-order valence-corrected chi connectivity index (χ4v) is 2.51. The Morgan fingerprint density at radius 3 is 2.86 bits per heavy atom. The number of benzene rings is 1. The Bertz CT molecular complexity index is 567. The van der Waals surface area contributed by atoms with E-state index in [0.29, 0.717) is 24.5 Å². The van der Waals surface area contributed by atoms with Gasteiger partial charge in [-0.25, -0.2) is 4.39 Å². The van der Waals surface area contributed by atoms with Gasteiger partial charge in [-0.1, -0.05) is 11.6 Å². The maximum absolute atomic E-state index is 13.6. The van der Waals surface area contributed by atoms with Crippen molar-refractivity contribution < 1.29 is 19.1 Å². The molecule has 1 saturated heterocycles. The van der Waals surface area contributed by atoms with E-state index in [-0.39, 0.29) is 11.6 Å². The van der Waals surface area contributed by atoms with E-state index in [9.17, 15) is 14.0 Å². The Balaban J connectivity index is 2.00. The number of hydrogen-bond acceptors (Lipinski definition) is 3. The quantitative estimate of drug-likeness (QED) is 0.894. The highest BCUT2D eigenvalue weighted by molar-refractivity contribution is 6.30. The van der Waals surface area contributed by atoms with Crippen molar-refractivity contribution in [1.29, 1.82) is 0 Å². The summed E-state index contributed by atoms with van der Waals surface area (Å²) >= 11 is 5.77. The smallest absolute Gasteiger partial charge is 0.307 e. The summed E-state index contributed by atoms with van der Waals surface area (Å²) < 4.78 is 13.6. The summed E-state index contributed by atoms with van der Waals surface area (Å²) in [6.07, 6.45) is 0.512. The lowest BCUT2D eigenvalue weighted by atomic mass is 10.1. The van der Waals surface area contributed by atoms with Crippen LogP contribution in [0.2, 0.25) is 5.02 Å². The maximum Gasteiger partial charge on any atom is 0.307 e. The topological polar surface area (TPSA) is 69.6 Å². The minimum atomic E-state index is -0.856. The van der Waals surface area contributed by atoms with Crippen LogP contribution in [0.25, 0.3) is 0 Å². The van der Waals surface area contributed by atoms with Crippen LogP contribution in [0.1, 0.15) is 13.3 Å². The second-order valence-corrected chi connectivity index (χ2v) is 5.54. The second kappa shape index (κ2) is 6.41. The lowest BCUT2D eigenvalue weighted by Gasteiger charge is -2.23. The molecule has 1 fully saturated rings. The zero-order valence-electron chi connectivity index (χ0n) is 11.5. The van der Waals surface area contributed by atoms with Crippen LogP contribution in [0.3, 0.4) is 0 Å². The highest BCUT2D eigenvalue weighted by Gasteiger charge is 2.33. The highest BCUT2D eigenvalue weighted by atomic mass is 35.5. The number of nitrogens with one attached hydrogen (secondary N) is 1. The number of carbonyl (C=O) groups is 2. The molecule has 0 saturated carbocycles. The molecule has 2 unspecified atom stereocenters. The average molecular weight is 315 g/mol. The van der Waals surface area contributed by atoms with Crippen molar-refractivity contribution in [2.24, 2.45) is 5.92 Å². The molecule has 21 heavy (non-hydrogen) atoms. The average Bonchev–Trinajstić information content (AvgIpc) is 2.91. The second-order valence-electron chi connectivity index (χ2n) is 5.11. The van der Waals surface area contributed by atoms with E-state index in [1.807, 2.05) is 0 Å². The Labute approximate surface area is 126 Å². The van der Waals surface area contributed by atoms with Crippen LogP contribution in [-0.4, -0.2) is 41.0 Å². The van der Waals surface area contributed by atoms with Gasteiger partial charge >= 0.3 is 5.97 Å². The molecule has 0 aliphatic carbocycles. The number of aliphatic carboxylic acids is 1. The molecule has 2 atom stereocenters. The van der Waals surface area contributed by atoms with E-state index < -0.39 is 23.7 Å². The Morgan fingerprint density at radius 2 is 2.24 bits per heavy atom. The lowest BCUT2D eigenvalue weighted by Crippen LogP contribution is -2.41. The fraction of sp³-hybridized carbons (Fsp3) is 0.429. The van der Waals surface area contributed by atoms with E-state index in [1.54, 1.807) is 11.8 Å². The molecule has 2 N–H and O–H groups in total. The van der Waals surface area contributed by atoms with Gasteiger partial charge in [-0.05, 0) is 38.1 Å². The van der Waals surface area contributed by atoms with Crippen molar-refractivity contribution >= 4 is 29.2 Å². The van der Waals surface area contributed by atoms with Gasteiger partial charge in [0.1, 0.15) is 5.82 Å². The number of anilines is 1. The molecule has 0 aromatic heterocycles. The zero-order valence-corrected chi connectivity index (χ0v) is 12.2. The number of nitrogens with zero attached hydrogens (tertiary/aromatic N) is 1. The first-order chi connectivity index (χ1) is 9.88. The molecular formula is C14H16ClFN2O3. The van der Waals surface area contributed by atoms with Gasteiger partial charge in [-0.15, -0.1) is 0 Å². The summed E-state index contributed by atoms with van der Waals surface area (Å²) in [5.41, 5.74) is 0.0216. The molecule has 1 aromatic rings. The maximum atomic E-state index is 13.6. The van der Waals surface area contributed by atoms with Gasteiger partial charge in [0, 0.05) is 11.6 Å². The van der Waals surface area contributed by atoms with Crippen LogP contribution < -0.4 is 5.32 Å². The van der Waals surface area contributed by atoms with E-state index in [1.165, 1.54) is 18.2 Å². The molecule has 1 heterocycles. The number of hydrogen-bond donors (Lipinski definition) is 2. The molecule has 114 valence electrons. The zero-order chi connectivity index (χ0) is 15.6. The summed E-state index contributed by atoms with van der Waals surface area (Å²) in [7, 11) is 0. The molecule has 5 nitrogen and oxygen atoms in total. The third-order valence-corrected chi connectivity index (χ3v) is 3.92. The Kier molecular flexibility index (Phi) is 4.80. The van der Waals surface area contributed by atoms with Crippen molar-refractivity contribution in [3.63, 3.8) is 0 Å². The highest BCUT2D eigenvalue weighted by Crippen LogP contribution is 2.22. The van der Waals surface area contributed by atoms with Gasteiger partial charge in [0.25, 0.3) is 0 Å². The van der Waals surface area contributed by atoms with E-state index in [0.717, 1.165) is 0 Å². The number of halogens is 2. The number of rotatable bonds is 4. The van der Waals surface area contributed by atoms with E-state index in [4.69, 9.17) is 16.7 Å². The molecular weight excluding hydrogens is 299 g/mol. The predicted octanol–water partition coefficient (Wildman–Crippen LogP) is 2.21. The lowest BCUT2D eigenvalue weighted by molar-refractivity contribution is -0.141. The molecule has 1 amide bonds. The van der Waals surface area contributed by atoms with Crippen LogP contribution in [0, 0.1) is 11.7 Å². The fourth-order valence-electron chi connectivity index (χ4n) is 2.34. The third kappa shape index (κ3) is 3.71. The number of carboxylic acids is 1. The van der Waals surface area contributed by atoms with E-state index in [2.05, 4.69) is 5.32 Å². The van der Waals surface area contributed by atoms with Gasteiger partial charge in [0.05, 0.1) is 17.6 Å². The van der Waals surface area contributed by atoms with Crippen molar-refractivity contribution in [1.82, 2.24) is 4.90 Å². The number of carbonyl (C=O) groups excluding carboxylic acids is 1. The monoisotopic (exact) mass is 314 g/mol. The molecule has 2 rings (SSSR count). The molecule has 1 aliphatic rings. The molecule has 0 bridgehead atoms. The van der Waals surface area contributed by atoms with Crippen LogP contribution in [0.15, 0.2) is 18.2 Å². The van der Waals surface area contributed by atoms with Crippen molar-refractivity contribution in [3.8, 4) is 0 Å². The van der Waals surface area contributed by atoms with Gasteiger partial charge in [-0.2, -0.15) is 0 Å². The summed E-state index contributed by atoms with van der Waals surface area (Å²) in [5.74, 6) is -2.26. The predicted molar refractivity (Wildman–Crippen MR) is 76.8 cm³/mol. The first kappa shape index (κ1) is 15.7. The van der Waals surface area contributed by atoms with E-state index >= 15 is 0 Å². The van der Waals surface area contributed by atoms with Gasteiger partial charge in [0.2, 0.25) is 5.91 Å². The third-order valence-electron chi connectivity index (χ3n) is 3.68. The number of likely N-dealkylation sites (tertiary alicyclic amines) is 1. The SMILES string of the molecule is CC(C(=O)Nc1cc(Cl)ccc1F)N1CCC(C(=O)O)C1. The minimum Gasteiger partial charge on any atom is -0.481 e. The molecule has 7 heteroatoms. The first-order valence-electron chi connectivity index (χ1n) is 6.61. The van der Waals surface area contributed by atoms with Gasteiger partial charge in [-0.3, -0.25) is 14.5 Å². The molecule has 0 radical (unpaired) electrons. The number of carboxylic acid groups (broad SMARTS) is 1. The van der Waals surface area contributed by atoms with Crippen LogP contribution in [0.5, 0.6) is 0 Å².